The highest BCUT2D eigenvalue weighted by molar-refractivity contribution is 5.14. The Hall–Kier alpha value is -0.940. The summed E-state index contributed by atoms with van der Waals surface area (Å²) in [7, 11) is 0. The Balaban J connectivity index is 1.94. The van der Waals surface area contributed by atoms with Crippen molar-refractivity contribution in [1.29, 1.82) is 0 Å². The SMILES string of the molecule is CC(C)OCCN(Cc1ccccc1)CC1(O)CCOCC1. The van der Waals surface area contributed by atoms with Crippen LogP contribution in [-0.4, -0.2) is 54.6 Å². The van der Waals surface area contributed by atoms with Gasteiger partial charge in [-0.2, -0.15) is 0 Å². The molecule has 0 spiro atoms. The summed E-state index contributed by atoms with van der Waals surface area (Å²) in [5.41, 5.74) is 0.632. The van der Waals surface area contributed by atoms with E-state index in [4.69, 9.17) is 9.47 Å². The Morgan fingerprint density at radius 2 is 1.91 bits per heavy atom. The van der Waals surface area contributed by atoms with Gasteiger partial charge in [-0.25, -0.2) is 0 Å². The van der Waals surface area contributed by atoms with Crippen LogP contribution in [-0.2, 0) is 16.0 Å². The first-order valence-corrected chi connectivity index (χ1v) is 8.25. The van der Waals surface area contributed by atoms with Gasteiger partial charge in [0.1, 0.15) is 0 Å². The fourth-order valence-corrected chi connectivity index (χ4v) is 2.80. The minimum atomic E-state index is -0.634. The van der Waals surface area contributed by atoms with Crippen molar-refractivity contribution in [1.82, 2.24) is 4.90 Å². The van der Waals surface area contributed by atoms with E-state index in [1.54, 1.807) is 0 Å². The molecular weight excluding hydrogens is 278 g/mol. The molecule has 0 radical (unpaired) electrons. The van der Waals surface area contributed by atoms with Crippen molar-refractivity contribution in [3.8, 4) is 0 Å². The van der Waals surface area contributed by atoms with E-state index >= 15 is 0 Å². The van der Waals surface area contributed by atoms with Crippen molar-refractivity contribution in [2.45, 2.75) is 44.9 Å². The maximum atomic E-state index is 10.8. The zero-order valence-electron chi connectivity index (χ0n) is 13.8. The van der Waals surface area contributed by atoms with Crippen LogP contribution in [0.25, 0.3) is 0 Å². The number of benzene rings is 1. The summed E-state index contributed by atoms with van der Waals surface area (Å²) in [6, 6.07) is 10.4. The second kappa shape index (κ2) is 8.63. The molecule has 1 N–H and O–H groups in total. The number of ether oxygens (including phenoxy) is 2. The van der Waals surface area contributed by atoms with Crippen LogP contribution < -0.4 is 0 Å². The summed E-state index contributed by atoms with van der Waals surface area (Å²) in [5.74, 6) is 0. The standard InChI is InChI=1S/C18H29NO3/c1-16(2)22-13-10-19(14-17-6-4-3-5-7-17)15-18(20)8-11-21-12-9-18/h3-7,16,20H,8-15H2,1-2H3. The Morgan fingerprint density at radius 1 is 1.23 bits per heavy atom. The van der Waals surface area contributed by atoms with Gasteiger partial charge in [0.05, 0.1) is 18.3 Å². The topological polar surface area (TPSA) is 41.9 Å². The molecule has 1 aromatic rings. The second-order valence-corrected chi connectivity index (χ2v) is 6.45. The molecule has 0 saturated carbocycles. The van der Waals surface area contributed by atoms with Gasteiger partial charge >= 0.3 is 0 Å². The first-order valence-electron chi connectivity index (χ1n) is 8.25. The Labute approximate surface area is 134 Å². The maximum Gasteiger partial charge on any atom is 0.0818 e. The van der Waals surface area contributed by atoms with Gasteiger partial charge in [0.2, 0.25) is 0 Å². The zero-order valence-corrected chi connectivity index (χ0v) is 13.8. The minimum Gasteiger partial charge on any atom is -0.388 e. The summed E-state index contributed by atoms with van der Waals surface area (Å²) >= 11 is 0. The predicted molar refractivity (Wildman–Crippen MR) is 87.8 cm³/mol. The van der Waals surface area contributed by atoms with Crippen LogP contribution in [0.3, 0.4) is 0 Å². The van der Waals surface area contributed by atoms with Crippen molar-refractivity contribution < 1.29 is 14.6 Å². The molecule has 4 heteroatoms. The zero-order chi connectivity index (χ0) is 15.8. The van der Waals surface area contributed by atoms with Gasteiger partial charge in [-0.1, -0.05) is 30.3 Å². The largest absolute Gasteiger partial charge is 0.388 e. The molecule has 22 heavy (non-hydrogen) atoms. The first kappa shape index (κ1) is 17.4. The molecule has 1 saturated heterocycles. The molecule has 0 aromatic heterocycles. The van der Waals surface area contributed by atoms with E-state index < -0.39 is 5.60 Å². The van der Waals surface area contributed by atoms with Crippen molar-refractivity contribution >= 4 is 0 Å². The number of aliphatic hydroxyl groups is 1. The molecular formula is C18H29NO3. The third-order valence-electron chi connectivity index (χ3n) is 4.05. The first-order chi connectivity index (χ1) is 10.6. The van der Waals surface area contributed by atoms with E-state index in [2.05, 4.69) is 29.2 Å². The molecule has 1 fully saturated rings. The molecule has 124 valence electrons. The summed E-state index contributed by atoms with van der Waals surface area (Å²) in [6.07, 6.45) is 1.66. The lowest BCUT2D eigenvalue weighted by Crippen LogP contribution is -2.47. The van der Waals surface area contributed by atoms with E-state index in [1.165, 1.54) is 5.56 Å². The van der Waals surface area contributed by atoms with Gasteiger partial charge in [-0.05, 0) is 19.4 Å². The van der Waals surface area contributed by atoms with Gasteiger partial charge in [-0.3, -0.25) is 4.90 Å². The molecule has 1 aromatic carbocycles. The van der Waals surface area contributed by atoms with Crippen LogP contribution in [0.5, 0.6) is 0 Å². The quantitative estimate of drug-likeness (QED) is 0.801. The third kappa shape index (κ3) is 6.05. The average Bonchev–Trinajstić information content (AvgIpc) is 2.48. The Bertz CT molecular complexity index is 416. The molecule has 0 unspecified atom stereocenters. The van der Waals surface area contributed by atoms with E-state index in [1.807, 2.05) is 19.9 Å². The minimum absolute atomic E-state index is 0.241. The number of hydrogen-bond acceptors (Lipinski definition) is 4. The highest BCUT2D eigenvalue weighted by Gasteiger charge is 2.31. The van der Waals surface area contributed by atoms with E-state index in [0.717, 1.165) is 13.1 Å². The molecule has 0 atom stereocenters. The van der Waals surface area contributed by atoms with Crippen molar-refractivity contribution in [2.24, 2.45) is 0 Å². The molecule has 2 rings (SSSR count). The lowest BCUT2D eigenvalue weighted by Gasteiger charge is -2.37. The van der Waals surface area contributed by atoms with Gasteiger partial charge in [-0.15, -0.1) is 0 Å². The Morgan fingerprint density at radius 3 is 2.55 bits per heavy atom. The number of hydrogen-bond donors (Lipinski definition) is 1. The monoisotopic (exact) mass is 307 g/mol. The molecule has 0 bridgehead atoms. The smallest absolute Gasteiger partial charge is 0.0818 e. The van der Waals surface area contributed by atoms with Crippen LogP contribution in [0.15, 0.2) is 30.3 Å². The Kier molecular flexibility index (Phi) is 6.83. The van der Waals surface area contributed by atoms with E-state index in [-0.39, 0.29) is 6.10 Å². The average molecular weight is 307 g/mol. The van der Waals surface area contributed by atoms with Crippen LogP contribution >= 0.6 is 0 Å². The second-order valence-electron chi connectivity index (χ2n) is 6.45. The lowest BCUT2D eigenvalue weighted by atomic mass is 9.93. The molecule has 0 aliphatic carbocycles. The predicted octanol–water partition coefficient (Wildman–Crippen LogP) is 2.46. The van der Waals surface area contributed by atoms with E-state index in [0.29, 0.717) is 39.2 Å². The van der Waals surface area contributed by atoms with Crippen LogP contribution in [0.4, 0.5) is 0 Å². The summed E-state index contributed by atoms with van der Waals surface area (Å²) in [5, 5.41) is 10.8. The number of nitrogens with zero attached hydrogens (tertiary/aromatic N) is 1. The fraction of sp³-hybridized carbons (Fsp3) is 0.667. The van der Waals surface area contributed by atoms with Crippen LogP contribution in [0.1, 0.15) is 32.3 Å². The molecule has 1 heterocycles. The van der Waals surface area contributed by atoms with Crippen LogP contribution in [0.2, 0.25) is 0 Å². The van der Waals surface area contributed by atoms with Gasteiger partial charge in [0.15, 0.2) is 0 Å². The van der Waals surface area contributed by atoms with Crippen molar-refractivity contribution in [2.75, 3.05) is 32.9 Å². The van der Waals surface area contributed by atoms with Crippen molar-refractivity contribution in [3.63, 3.8) is 0 Å². The fourth-order valence-electron chi connectivity index (χ4n) is 2.80. The third-order valence-corrected chi connectivity index (χ3v) is 4.05. The van der Waals surface area contributed by atoms with Gasteiger partial charge in [0.25, 0.3) is 0 Å². The lowest BCUT2D eigenvalue weighted by molar-refractivity contribution is -0.0838. The normalized spacial score (nSPS) is 18.0. The molecule has 1 aliphatic heterocycles. The number of rotatable bonds is 8. The highest BCUT2D eigenvalue weighted by Crippen LogP contribution is 2.22. The molecule has 1 aliphatic rings. The summed E-state index contributed by atoms with van der Waals surface area (Å²) in [4.78, 5) is 2.29. The van der Waals surface area contributed by atoms with Gasteiger partial charge < -0.3 is 14.6 Å². The van der Waals surface area contributed by atoms with Gasteiger partial charge in [0, 0.05) is 45.7 Å². The summed E-state index contributed by atoms with van der Waals surface area (Å²) in [6.45, 7) is 8.43. The van der Waals surface area contributed by atoms with Crippen LogP contribution in [0, 0.1) is 0 Å². The molecule has 4 nitrogen and oxygen atoms in total. The van der Waals surface area contributed by atoms with Crippen molar-refractivity contribution in [3.05, 3.63) is 35.9 Å². The highest BCUT2D eigenvalue weighted by atomic mass is 16.5. The van der Waals surface area contributed by atoms with E-state index in [9.17, 15) is 5.11 Å². The summed E-state index contributed by atoms with van der Waals surface area (Å²) < 4.78 is 11.1. The maximum absolute atomic E-state index is 10.8. The molecule has 0 amide bonds.